The molecule has 1 aromatic carbocycles. The van der Waals surface area contributed by atoms with Gasteiger partial charge in [-0.3, -0.25) is 0 Å². The molecule has 1 atom stereocenters. The molecule has 2 rings (SSSR count). The summed E-state index contributed by atoms with van der Waals surface area (Å²) in [5.41, 5.74) is 2.83. The Balaban J connectivity index is 1.93. The summed E-state index contributed by atoms with van der Waals surface area (Å²) in [6.07, 6.45) is 2.53. The van der Waals surface area contributed by atoms with Crippen LogP contribution in [0.1, 0.15) is 36.9 Å². The van der Waals surface area contributed by atoms with Gasteiger partial charge in [-0.1, -0.05) is 31.2 Å². The molecule has 0 radical (unpaired) electrons. The Labute approximate surface area is 129 Å². The fourth-order valence-corrected chi connectivity index (χ4v) is 3.33. The van der Waals surface area contributed by atoms with E-state index in [4.69, 9.17) is 4.74 Å². The summed E-state index contributed by atoms with van der Waals surface area (Å²) in [6.45, 7) is 9.84. The predicted molar refractivity (Wildman–Crippen MR) is 88.6 cm³/mol. The van der Waals surface area contributed by atoms with E-state index in [2.05, 4.69) is 48.3 Å². The molecule has 0 aromatic heterocycles. The third kappa shape index (κ3) is 4.80. The molecule has 3 nitrogen and oxygen atoms in total. The fourth-order valence-electron chi connectivity index (χ4n) is 3.33. The van der Waals surface area contributed by atoms with Gasteiger partial charge >= 0.3 is 0 Å². The summed E-state index contributed by atoms with van der Waals surface area (Å²) >= 11 is 0. The van der Waals surface area contributed by atoms with Gasteiger partial charge in [-0.05, 0) is 56.4 Å². The van der Waals surface area contributed by atoms with Crippen molar-refractivity contribution in [1.29, 1.82) is 0 Å². The van der Waals surface area contributed by atoms with Crippen LogP contribution in [-0.4, -0.2) is 44.8 Å². The Morgan fingerprint density at radius 1 is 1.29 bits per heavy atom. The van der Waals surface area contributed by atoms with Gasteiger partial charge in [0.1, 0.15) is 0 Å². The zero-order chi connectivity index (χ0) is 15.1. The van der Waals surface area contributed by atoms with E-state index in [9.17, 15) is 0 Å². The van der Waals surface area contributed by atoms with Crippen LogP contribution in [0.25, 0.3) is 0 Å². The number of nitrogens with one attached hydrogen (secondary N) is 1. The van der Waals surface area contributed by atoms with Crippen LogP contribution >= 0.6 is 0 Å². The fraction of sp³-hybridized carbons (Fsp3) is 0.667. The van der Waals surface area contributed by atoms with Gasteiger partial charge in [0, 0.05) is 26.3 Å². The van der Waals surface area contributed by atoms with Gasteiger partial charge in [0.2, 0.25) is 0 Å². The molecule has 1 fully saturated rings. The number of methoxy groups -OCH3 is 1. The topological polar surface area (TPSA) is 24.5 Å². The van der Waals surface area contributed by atoms with E-state index < -0.39 is 0 Å². The first-order chi connectivity index (χ1) is 10.2. The standard InChI is InChI=1S/C18H30N2O/c1-4-19-18(17-8-6-5-7-15(17)2)13-20-11-9-16(10-12-20)14-21-3/h5-8,16,18-19H,4,9-14H2,1-3H3. The maximum absolute atomic E-state index is 5.29. The van der Waals surface area contributed by atoms with Crippen LogP contribution < -0.4 is 5.32 Å². The quantitative estimate of drug-likeness (QED) is 0.835. The first-order valence-electron chi connectivity index (χ1n) is 8.24. The van der Waals surface area contributed by atoms with E-state index in [1.54, 1.807) is 0 Å². The number of likely N-dealkylation sites (N-methyl/N-ethyl adjacent to an activating group) is 1. The van der Waals surface area contributed by atoms with Crippen LogP contribution in [0.3, 0.4) is 0 Å². The lowest BCUT2D eigenvalue weighted by molar-refractivity contribution is 0.0952. The molecule has 118 valence electrons. The molecule has 0 spiro atoms. The predicted octanol–water partition coefficient (Wildman–Crippen LogP) is 3.00. The molecule has 1 unspecified atom stereocenters. The minimum Gasteiger partial charge on any atom is -0.384 e. The van der Waals surface area contributed by atoms with Crippen molar-refractivity contribution in [2.45, 2.75) is 32.7 Å². The van der Waals surface area contributed by atoms with E-state index in [0.717, 1.165) is 25.6 Å². The van der Waals surface area contributed by atoms with Gasteiger partial charge in [0.15, 0.2) is 0 Å². The molecule has 1 heterocycles. The van der Waals surface area contributed by atoms with Crippen LogP contribution in [-0.2, 0) is 4.74 Å². The number of nitrogens with zero attached hydrogens (tertiary/aromatic N) is 1. The van der Waals surface area contributed by atoms with E-state index in [-0.39, 0.29) is 0 Å². The van der Waals surface area contributed by atoms with Gasteiger partial charge in [-0.15, -0.1) is 0 Å². The van der Waals surface area contributed by atoms with Crippen molar-refractivity contribution in [3.05, 3.63) is 35.4 Å². The van der Waals surface area contributed by atoms with Crippen molar-refractivity contribution in [3.8, 4) is 0 Å². The number of hydrogen-bond acceptors (Lipinski definition) is 3. The Bertz CT molecular complexity index is 413. The number of ether oxygens (including phenoxy) is 1. The Morgan fingerprint density at radius 3 is 2.62 bits per heavy atom. The molecular weight excluding hydrogens is 260 g/mol. The highest BCUT2D eigenvalue weighted by Gasteiger charge is 2.22. The van der Waals surface area contributed by atoms with Crippen LogP contribution in [0.15, 0.2) is 24.3 Å². The summed E-state index contributed by atoms with van der Waals surface area (Å²) in [6, 6.07) is 9.19. The Morgan fingerprint density at radius 2 is 2.00 bits per heavy atom. The highest BCUT2D eigenvalue weighted by molar-refractivity contribution is 5.29. The average Bonchev–Trinajstić information content (AvgIpc) is 2.50. The van der Waals surface area contributed by atoms with E-state index in [1.807, 2.05) is 7.11 Å². The number of likely N-dealkylation sites (tertiary alicyclic amines) is 1. The number of hydrogen-bond donors (Lipinski definition) is 1. The largest absolute Gasteiger partial charge is 0.384 e. The molecule has 0 saturated carbocycles. The minimum absolute atomic E-state index is 0.440. The zero-order valence-electron chi connectivity index (χ0n) is 13.8. The van der Waals surface area contributed by atoms with Crippen molar-refractivity contribution in [2.24, 2.45) is 5.92 Å². The van der Waals surface area contributed by atoms with E-state index in [1.165, 1.54) is 37.1 Å². The molecule has 0 amide bonds. The molecule has 1 aliphatic rings. The van der Waals surface area contributed by atoms with Crippen molar-refractivity contribution in [3.63, 3.8) is 0 Å². The van der Waals surface area contributed by atoms with Gasteiger partial charge in [-0.2, -0.15) is 0 Å². The van der Waals surface area contributed by atoms with Crippen molar-refractivity contribution >= 4 is 0 Å². The summed E-state index contributed by atoms with van der Waals surface area (Å²) in [7, 11) is 1.81. The molecule has 1 aliphatic heterocycles. The molecular formula is C18H30N2O. The summed E-state index contributed by atoms with van der Waals surface area (Å²) in [4.78, 5) is 2.60. The summed E-state index contributed by atoms with van der Waals surface area (Å²) in [5.74, 6) is 0.752. The zero-order valence-corrected chi connectivity index (χ0v) is 13.8. The van der Waals surface area contributed by atoms with Gasteiger partial charge in [0.05, 0.1) is 0 Å². The molecule has 21 heavy (non-hydrogen) atoms. The smallest absolute Gasteiger partial charge is 0.0491 e. The van der Waals surface area contributed by atoms with Crippen LogP contribution in [0.2, 0.25) is 0 Å². The highest BCUT2D eigenvalue weighted by atomic mass is 16.5. The maximum Gasteiger partial charge on any atom is 0.0491 e. The second kappa shape index (κ2) is 8.52. The first-order valence-corrected chi connectivity index (χ1v) is 8.24. The van der Waals surface area contributed by atoms with Crippen LogP contribution in [0.4, 0.5) is 0 Å². The average molecular weight is 290 g/mol. The number of benzene rings is 1. The molecule has 1 saturated heterocycles. The lowest BCUT2D eigenvalue weighted by Gasteiger charge is -2.34. The van der Waals surface area contributed by atoms with Crippen LogP contribution in [0, 0.1) is 12.8 Å². The van der Waals surface area contributed by atoms with Crippen molar-refractivity contribution in [2.75, 3.05) is 39.9 Å². The normalized spacial score (nSPS) is 18.8. The SMILES string of the molecule is CCNC(CN1CCC(COC)CC1)c1ccccc1C. The maximum atomic E-state index is 5.29. The van der Waals surface area contributed by atoms with Crippen LogP contribution in [0.5, 0.6) is 0 Å². The van der Waals surface area contributed by atoms with Crippen molar-refractivity contribution in [1.82, 2.24) is 10.2 Å². The van der Waals surface area contributed by atoms with Gasteiger partial charge < -0.3 is 15.0 Å². The lowest BCUT2D eigenvalue weighted by Crippen LogP contribution is -2.41. The summed E-state index contributed by atoms with van der Waals surface area (Å²) in [5, 5.41) is 3.66. The number of aryl methyl sites for hydroxylation is 1. The third-order valence-electron chi connectivity index (χ3n) is 4.56. The first kappa shape index (κ1) is 16.5. The number of rotatable bonds is 7. The number of piperidine rings is 1. The second-order valence-electron chi connectivity index (χ2n) is 6.17. The molecule has 0 aliphatic carbocycles. The second-order valence-corrected chi connectivity index (χ2v) is 6.17. The molecule has 1 N–H and O–H groups in total. The summed E-state index contributed by atoms with van der Waals surface area (Å²) < 4.78 is 5.29. The van der Waals surface area contributed by atoms with Crippen molar-refractivity contribution < 1.29 is 4.74 Å². The molecule has 3 heteroatoms. The van der Waals surface area contributed by atoms with E-state index >= 15 is 0 Å². The lowest BCUT2D eigenvalue weighted by atomic mass is 9.96. The van der Waals surface area contributed by atoms with Gasteiger partial charge in [0.25, 0.3) is 0 Å². The monoisotopic (exact) mass is 290 g/mol. The Kier molecular flexibility index (Phi) is 6.68. The van der Waals surface area contributed by atoms with Gasteiger partial charge in [-0.25, -0.2) is 0 Å². The minimum atomic E-state index is 0.440. The third-order valence-corrected chi connectivity index (χ3v) is 4.56. The van der Waals surface area contributed by atoms with E-state index in [0.29, 0.717) is 6.04 Å². The molecule has 0 bridgehead atoms. The molecule has 1 aromatic rings. The Hall–Kier alpha value is -0.900. The highest BCUT2D eigenvalue weighted by Crippen LogP contribution is 2.22.